The largest absolute Gasteiger partial charge is 0.290 e. The Morgan fingerprint density at radius 2 is 0.792 bits per heavy atom. The van der Waals surface area contributed by atoms with Crippen LogP contribution in [0.1, 0.15) is 0 Å². The molecule has 0 aliphatic carbocycles. The minimum Gasteiger partial charge on any atom is -0.290 e. The fourth-order valence-electron chi connectivity index (χ4n) is 8.18. The van der Waals surface area contributed by atoms with Gasteiger partial charge in [0.1, 0.15) is 33.7 Å². The van der Waals surface area contributed by atoms with E-state index in [-0.39, 0.29) is 0 Å². The molecule has 0 saturated carbocycles. The highest BCUT2D eigenvalue weighted by Crippen LogP contribution is 2.49. The molecule has 9 heterocycles. The molecule has 9 aromatic heterocycles. The minimum atomic E-state index is 0.693. The molecule has 12 rings (SSSR count). The molecule has 0 saturated heterocycles. The molecule has 8 nitrogen and oxygen atoms in total. The second-order valence-corrected chi connectivity index (χ2v) is 12.3. The van der Waals surface area contributed by atoms with Gasteiger partial charge in [-0.05, 0) is 48.5 Å². The monoisotopic (exact) mass is 612 g/mol. The van der Waals surface area contributed by atoms with Crippen LogP contribution in [0.15, 0.2) is 122 Å². The number of hydrogen-bond donors (Lipinski definition) is 0. The van der Waals surface area contributed by atoms with Crippen molar-refractivity contribution in [3.63, 3.8) is 0 Å². The molecule has 0 N–H and O–H groups in total. The second kappa shape index (κ2) is 8.51. The zero-order valence-corrected chi connectivity index (χ0v) is 25.1. The maximum Gasteiger partial charge on any atom is 0.145 e. The number of hydrogen-bond acceptors (Lipinski definition) is 6. The molecule has 0 bridgehead atoms. The van der Waals surface area contributed by atoms with Crippen molar-refractivity contribution >= 4 is 87.5 Å². The first-order chi connectivity index (χ1) is 23.9. The third-order valence-electron chi connectivity index (χ3n) is 9.96. The first-order valence-electron chi connectivity index (χ1n) is 15.9. The highest BCUT2D eigenvalue weighted by molar-refractivity contribution is 6.39. The van der Waals surface area contributed by atoms with Crippen molar-refractivity contribution in [3.05, 3.63) is 122 Å². The predicted molar refractivity (Wildman–Crippen MR) is 191 cm³/mol. The molecular formula is C40H20N8. The highest BCUT2D eigenvalue weighted by atomic mass is 15.0. The van der Waals surface area contributed by atoms with Gasteiger partial charge in [-0.25, -0.2) is 19.9 Å². The van der Waals surface area contributed by atoms with Crippen LogP contribution in [0.2, 0.25) is 0 Å². The highest BCUT2D eigenvalue weighted by Gasteiger charge is 2.29. The van der Waals surface area contributed by atoms with Gasteiger partial charge in [-0.15, -0.1) is 0 Å². The summed E-state index contributed by atoms with van der Waals surface area (Å²) in [5.41, 5.74) is 10.7. The fourth-order valence-corrected chi connectivity index (χ4v) is 8.18. The van der Waals surface area contributed by atoms with Gasteiger partial charge >= 0.3 is 0 Å². The van der Waals surface area contributed by atoms with Gasteiger partial charge in [0.05, 0.1) is 33.5 Å². The quantitative estimate of drug-likeness (QED) is 0.194. The van der Waals surface area contributed by atoms with Crippen LogP contribution < -0.4 is 0 Å². The van der Waals surface area contributed by atoms with Crippen LogP contribution in [0.4, 0.5) is 0 Å². The molecule has 3 aromatic carbocycles. The number of nitrogens with zero attached hydrogens (tertiary/aromatic N) is 8. The van der Waals surface area contributed by atoms with Gasteiger partial charge in [-0.2, -0.15) is 0 Å². The molecule has 0 fully saturated rings. The molecule has 0 radical (unpaired) electrons. The van der Waals surface area contributed by atoms with E-state index in [4.69, 9.17) is 29.9 Å². The van der Waals surface area contributed by atoms with Crippen LogP contribution in [-0.4, -0.2) is 38.7 Å². The standard InChI is InChI=1S/C40H20N8/c1-3-17-41-27(15-1)31-32(28-16-2-4-18-42-28)46-34-30-26-12-6-10-22-24-14-8-20-44-40(24)48(36(22)26)38(30)37-29(33(34)45-31)25-11-5-9-21-23-13-7-19-43-39(23)47(37)35(21)25/h1-20H. The smallest absolute Gasteiger partial charge is 0.145 e. The maximum atomic E-state index is 5.55. The fraction of sp³-hybridized carbons (Fsp3) is 0. The molecule has 0 aliphatic heterocycles. The molecule has 48 heavy (non-hydrogen) atoms. The summed E-state index contributed by atoms with van der Waals surface area (Å²) in [5, 5.41) is 8.85. The normalized spacial score (nSPS) is 12.6. The summed E-state index contributed by atoms with van der Waals surface area (Å²) in [7, 11) is 0. The summed E-state index contributed by atoms with van der Waals surface area (Å²) >= 11 is 0. The Bertz CT molecular complexity index is 3050. The predicted octanol–water partition coefficient (Wildman–Crippen LogP) is 8.84. The lowest BCUT2D eigenvalue weighted by Gasteiger charge is -2.12. The number of para-hydroxylation sites is 2. The van der Waals surface area contributed by atoms with Crippen LogP contribution >= 0.6 is 0 Å². The minimum absolute atomic E-state index is 0.693. The molecule has 220 valence electrons. The maximum absolute atomic E-state index is 5.55. The zero-order valence-electron chi connectivity index (χ0n) is 25.1. The Labute approximate surface area is 270 Å². The van der Waals surface area contributed by atoms with E-state index in [0.29, 0.717) is 11.4 Å². The average molecular weight is 613 g/mol. The van der Waals surface area contributed by atoms with E-state index >= 15 is 0 Å². The number of pyridine rings is 4. The van der Waals surface area contributed by atoms with Crippen molar-refractivity contribution in [2.45, 2.75) is 0 Å². The molecule has 0 amide bonds. The van der Waals surface area contributed by atoms with Gasteiger partial charge in [0.25, 0.3) is 0 Å². The van der Waals surface area contributed by atoms with E-state index in [9.17, 15) is 0 Å². The van der Waals surface area contributed by atoms with E-state index in [2.05, 4.69) is 57.3 Å². The second-order valence-electron chi connectivity index (χ2n) is 12.3. The van der Waals surface area contributed by atoms with E-state index < -0.39 is 0 Å². The average Bonchev–Trinajstić information content (AvgIpc) is 3.89. The summed E-state index contributed by atoms with van der Waals surface area (Å²) in [6.45, 7) is 0. The molecule has 0 unspecified atom stereocenters. The Kier molecular flexibility index (Phi) is 4.33. The SMILES string of the molecule is c1ccc(-c2nc3c(nc2-c2ccccn2)c2c4cccc5c6cccnc6n(c54)c2c2c3c3cccc4c5cccnc5n2c43)nc1. The number of aromatic nitrogens is 8. The van der Waals surface area contributed by atoms with Crippen LogP contribution in [0.3, 0.4) is 0 Å². The summed E-state index contributed by atoms with van der Waals surface area (Å²) in [5.74, 6) is 0. The third kappa shape index (κ3) is 2.79. The van der Waals surface area contributed by atoms with Gasteiger partial charge in [0, 0.05) is 67.9 Å². The summed E-state index contributed by atoms with van der Waals surface area (Å²) in [4.78, 5) is 30.6. The molecule has 8 heteroatoms. The van der Waals surface area contributed by atoms with Gasteiger partial charge in [0.15, 0.2) is 0 Å². The van der Waals surface area contributed by atoms with Crippen LogP contribution in [-0.2, 0) is 0 Å². The lowest BCUT2D eigenvalue weighted by Crippen LogP contribution is -1.99. The zero-order chi connectivity index (χ0) is 31.1. The Morgan fingerprint density at radius 1 is 0.354 bits per heavy atom. The molecule has 12 aromatic rings. The summed E-state index contributed by atoms with van der Waals surface area (Å²) in [6, 6.07) is 33.2. The van der Waals surface area contributed by atoms with Gasteiger partial charge in [0.2, 0.25) is 0 Å². The first-order valence-corrected chi connectivity index (χ1v) is 15.9. The summed E-state index contributed by atoms with van der Waals surface area (Å²) < 4.78 is 4.68. The van der Waals surface area contributed by atoms with E-state index in [1.54, 1.807) is 12.4 Å². The number of rotatable bonds is 2. The van der Waals surface area contributed by atoms with Crippen molar-refractivity contribution < 1.29 is 0 Å². The van der Waals surface area contributed by atoms with Gasteiger partial charge < -0.3 is 0 Å². The van der Waals surface area contributed by atoms with E-state index in [0.717, 1.165) is 98.9 Å². The lowest BCUT2D eigenvalue weighted by atomic mass is 10.0. The Morgan fingerprint density at radius 3 is 1.25 bits per heavy atom. The molecule has 0 atom stereocenters. The van der Waals surface area contributed by atoms with Crippen LogP contribution in [0.25, 0.3) is 110 Å². The summed E-state index contributed by atoms with van der Waals surface area (Å²) in [6.07, 6.45) is 7.35. The van der Waals surface area contributed by atoms with Crippen molar-refractivity contribution in [2.75, 3.05) is 0 Å². The molecular weight excluding hydrogens is 592 g/mol. The number of benzene rings is 3. The van der Waals surface area contributed by atoms with Gasteiger partial charge in [-0.1, -0.05) is 48.5 Å². The number of fused-ring (bicyclic) bond motifs is 16. The third-order valence-corrected chi connectivity index (χ3v) is 9.96. The Balaban J connectivity index is 1.45. The van der Waals surface area contributed by atoms with Crippen molar-refractivity contribution in [2.24, 2.45) is 0 Å². The van der Waals surface area contributed by atoms with Crippen molar-refractivity contribution in [1.29, 1.82) is 0 Å². The topological polar surface area (TPSA) is 86.2 Å². The first kappa shape index (κ1) is 24.4. The van der Waals surface area contributed by atoms with Crippen LogP contribution in [0, 0.1) is 0 Å². The molecule has 0 spiro atoms. The van der Waals surface area contributed by atoms with Crippen molar-refractivity contribution in [3.8, 4) is 22.8 Å². The van der Waals surface area contributed by atoms with Gasteiger partial charge in [-0.3, -0.25) is 18.8 Å². The lowest BCUT2D eigenvalue weighted by molar-refractivity contribution is 1.21. The molecule has 0 aliphatic rings. The van der Waals surface area contributed by atoms with E-state index in [1.807, 2.05) is 60.9 Å². The van der Waals surface area contributed by atoms with Crippen LogP contribution in [0.5, 0.6) is 0 Å². The van der Waals surface area contributed by atoms with E-state index in [1.165, 1.54) is 0 Å². The van der Waals surface area contributed by atoms with Crippen molar-refractivity contribution in [1.82, 2.24) is 38.7 Å². The Hall–Kier alpha value is -6.80.